The number of nitrogens with one attached hydrogen (secondary N) is 1. The monoisotopic (exact) mass is 234 g/mol. The van der Waals surface area contributed by atoms with Gasteiger partial charge in [0.05, 0.1) is 12.8 Å². The molecule has 0 spiro atoms. The first-order valence-electron chi connectivity index (χ1n) is 5.37. The van der Waals surface area contributed by atoms with Gasteiger partial charge in [0, 0.05) is 32.1 Å². The molecule has 0 radical (unpaired) electrons. The summed E-state index contributed by atoms with van der Waals surface area (Å²) in [7, 11) is 3.50. The van der Waals surface area contributed by atoms with Gasteiger partial charge in [-0.05, 0) is 23.8 Å². The first-order chi connectivity index (χ1) is 8.19. The zero-order valence-electron chi connectivity index (χ0n) is 9.90. The van der Waals surface area contributed by atoms with Gasteiger partial charge in [-0.15, -0.1) is 0 Å². The molecule has 0 saturated carbocycles. The van der Waals surface area contributed by atoms with Crippen molar-refractivity contribution in [3.63, 3.8) is 0 Å². The maximum atomic E-state index is 13.0. The molecule has 1 aromatic heterocycles. The largest absolute Gasteiger partial charge is 0.494 e. The SMILES string of the molecule is COc1cc(F)ccc1NCc1ccn(C)c1. The van der Waals surface area contributed by atoms with E-state index in [0.717, 1.165) is 5.69 Å². The molecule has 0 bridgehead atoms. The first-order valence-corrected chi connectivity index (χ1v) is 5.37. The van der Waals surface area contributed by atoms with Crippen LogP contribution in [0.2, 0.25) is 0 Å². The molecule has 4 heteroatoms. The molecule has 0 saturated heterocycles. The fourth-order valence-corrected chi connectivity index (χ4v) is 1.67. The van der Waals surface area contributed by atoms with Crippen molar-refractivity contribution >= 4 is 5.69 Å². The van der Waals surface area contributed by atoms with E-state index in [1.54, 1.807) is 6.07 Å². The predicted molar refractivity (Wildman–Crippen MR) is 65.7 cm³/mol. The normalized spacial score (nSPS) is 10.3. The topological polar surface area (TPSA) is 26.2 Å². The Bertz CT molecular complexity index is 508. The second kappa shape index (κ2) is 4.91. The summed E-state index contributed by atoms with van der Waals surface area (Å²) in [6, 6.07) is 6.49. The van der Waals surface area contributed by atoms with Gasteiger partial charge in [0.25, 0.3) is 0 Å². The number of rotatable bonds is 4. The molecule has 0 fully saturated rings. The molecule has 2 aromatic rings. The number of benzene rings is 1. The molecule has 3 nitrogen and oxygen atoms in total. The van der Waals surface area contributed by atoms with Crippen molar-refractivity contribution in [2.75, 3.05) is 12.4 Å². The molecule has 17 heavy (non-hydrogen) atoms. The second-order valence-electron chi connectivity index (χ2n) is 3.88. The maximum absolute atomic E-state index is 13.0. The molecule has 0 aliphatic rings. The van der Waals surface area contributed by atoms with E-state index < -0.39 is 0 Å². The Hall–Kier alpha value is -1.97. The summed E-state index contributed by atoms with van der Waals surface area (Å²) in [6.45, 7) is 0.683. The Kier molecular flexibility index (Phi) is 3.32. The third-order valence-electron chi connectivity index (χ3n) is 2.54. The van der Waals surface area contributed by atoms with Gasteiger partial charge in [0.1, 0.15) is 11.6 Å². The van der Waals surface area contributed by atoms with Gasteiger partial charge in [-0.1, -0.05) is 0 Å². The van der Waals surface area contributed by atoms with E-state index in [4.69, 9.17) is 4.74 Å². The number of aryl methyl sites for hydroxylation is 1. The summed E-state index contributed by atoms with van der Waals surface area (Å²) < 4.78 is 20.1. The van der Waals surface area contributed by atoms with Crippen molar-refractivity contribution in [2.24, 2.45) is 7.05 Å². The summed E-state index contributed by atoms with van der Waals surface area (Å²) in [5, 5.41) is 3.22. The van der Waals surface area contributed by atoms with Crippen LogP contribution in [0, 0.1) is 5.82 Å². The van der Waals surface area contributed by atoms with Gasteiger partial charge in [-0.3, -0.25) is 0 Å². The molecular weight excluding hydrogens is 219 g/mol. The Morgan fingerprint density at radius 1 is 1.35 bits per heavy atom. The van der Waals surface area contributed by atoms with Crippen LogP contribution in [0.3, 0.4) is 0 Å². The van der Waals surface area contributed by atoms with Gasteiger partial charge in [0.15, 0.2) is 0 Å². The van der Waals surface area contributed by atoms with Crippen LogP contribution in [-0.2, 0) is 13.6 Å². The lowest BCUT2D eigenvalue weighted by atomic mass is 10.2. The Labute approximate surface area is 99.8 Å². The van der Waals surface area contributed by atoms with Gasteiger partial charge < -0.3 is 14.6 Å². The Balaban J connectivity index is 2.08. The highest BCUT2D eigenvalue weighted by molar-refractivity contribution is 5.56. The van der Waals surface area contributed by atoms with E-state index in [-0.39, 0.29) is 5.82 Å². The number of ether oxygens (including phenoxy) is 1. The minimum Gasteiger partial charge on any atom is -0.494 e. The number of methoxy groups -OCH3 is 1. The Morgan fingerprint density at radius 3 is 2.82 bits per heavy atom. The van der Waals surface area contributed by atoms with Crippen LogP contribution in [-0.4, -0.2) is 11.7 Å². The van der Waals surface area contributed by atoms with E-state index in [9.17, 15) is 4.39 Å². The van der Waals surface area contributed by atoms with Gasteiger partial charge in [-0.2, -0.15) is 0 Å². The van der Waals surface area contributed by atoms with E-state index in [0.29, 0.717) is 12.3 Å². The van der Waals surface area contributed by atoms with Crippen LogP contribution in [0.15, 0.2) is 36.7 Å². The molecule has 0 unspecified atom stereocenters. The molecule has 0 aliphatic heterocycles. The maximum Gasteiger partial charge on any atom is 0.144 e. The van der Waals surface area contributed by atoms with E-state index in [1.807, 2.05) is 30.1 Å². The van der Waals surface area contributed by atoms with Crippen LogP contribution in [0.4, 0.5) is 10.1 Å². The lowest BCUT2D eigenvalue weighted by molar-refractivity contribution is 0.413. The van der Waals surface area contributed by atoms with Gasteiger partial charge >= 0.3 is 0 Å². The zero-order chi connectivity index (χ0) is 12.3. The smallest absolute Gasteiger partial charge is 0.144 e. The molecule has 1 heterocycles. The standard InChI is InChI=1S/C13H15FN2O/c1-16-6-5-10(9-16)8-15-12-4-3-11(14)7-13(12)17-2/h3-7,9,15H,8H2,1-2H3. The Morgan fingerprint density at radius 2 is 2.18 bits per heavy atom. The van der Waals surface area contributed by atoms with Crippen LogP contribution in [0.25, 0.3) is 0 Å². The van der Waals surface area contributed by atoms with Crippen molar-refractivity contribution in [3.8, 4) is 5.75 Å². The number of aromatic nitrogens is 1. The third-order valence-corrected chi connectivity index (χ3v) is 2.54. The lowest BCUT2D eigenvalue weighted by Gasteiger charge is -2.10. The minimum absolute atomic E-state index is 0.299. The molecule has 0 atom stereocenters. The summed E-state index contributed by atoms with van der Waals surface area (Å²) in [6.07, 6.45) is 4.02. The molecule has 0 amide bonds. The number of hydrogen-bond donors (Lipinski definition) is 1. The molecular formula is C13H15FN2O. The summed E-state index contributed by atoms with van der Waals surface area (Å²) in [5.41, 5.74) is 1.96. The van der Waals surface area contributed by atoms with E-state index in [2.05, 4.69) is 5.32 Å². The highest BCUT2D eigenvalue weighted by Crippen LogP contribution is 2.25. The highest BCUT2D eigenvalue weighted by Gasteiger charge is 2.04. The molecule has 0 aliphatic carbocycles. The van der Waals surface area contributed by atoms with Crippen LogP contribution < -0.4 is 10.1 Å². The average molecular weight is 234 g/mol. The molecule has 90 valence electrons. The summed E-state index contributed by atoms with van der Waals surface area (Å²) in [4.78, 5) is 0. The number of nitrogens with zero attached hydrogens (tertiary/aromatic N) is 1. The van der Waals surface area contributed by atoms with Gasteiger partial charge in [0.2, 0.25) is 0 Å². The van der Waals surface area contributed by atoms with Crippen molar-refractivity contribution in [1.82, 2.24) is 4.57 Å². The second-order valence-corrected chi connectivity index (χ2v) is 3.88. The molecule has 1 aromatic carbocycles. The van der Waals surface area contributed by atoms with Crippen molar-refractivity contribution in [1.29, 1.82) is 0 Å². The summed E-state index contributed by atoms with van der Waals surface area (Å²) >= 11 is 0. The quantitative estimate of drug-likeness (QED) is 0.880. The van der Waals surface area contributed by atoms with Crippen molar-refractivity contribution in [2.45, 2.75) is 6.54 Å². The number of hydrogen-bond acceptors (Lipinski definition) is 2. The third kappa shape index (κ3) is 2.78. The predicted octanol–water partition coefficient (Wildman–Crippen LogP) is 2.78. The van der Waals surface area contributed by atoms with Crippen LogP contribution >= 0.6 is 0 Å². The zero-order valence-corrected chi connectivity index (χ0v) is 9.90. The van der Waals surface area contributed by atoms with Crippen molar-refractivity contribution < 1.29 is 9.13 Å². The van der Waals surface area contributed by atoms with Crippen LogP contribution in [0.5, 0.6) is 5.75 Å². The average Bonchev–Trinajstić information content (AvgIpc) is 2.73. The number of halogens is 1. The fourth-order valence-electron chi connectivity index (χ4n) is 1.67. The fraction of sp³-hybridized carbons (Fsp3) is 0.231. The first kappa shape index (κ1) is 11.5. The minimum atomic E-state index is -0.299. The molecule has 2 rings (SSSR count). The van der Waals surface area contributed by atoms with Crippen LogP contribution in [0.1, 0.15) is 5.56 Å². The van der Waals surface area contributed by atoms with E-state index >= 15 is 0 Å². The highest BCUT2D eigenvalue weighted by atomic mass is 19.1. The summed E-state index contributed by atoms with van der Waals surface area (Å²) in [5.74, 6) is 0.216. The van der Waals surface area contributed by atoms with Gasteiger partial charge in [-0.25, -0.2) is 4.39 Å². The molecule has 1 N–H and O–H groups in total. The van der Waals surface area contributed by atoms with Crippen molar-refractivity contribution in [3.05, 3.63) is 48.0 Å². The number of anilines is 1. The lowest BCUT2D eigenvalue weighted by Crippen LogP contribution is -2.01. The van der Waals surface area contributed by atoms with E-state index in [1.165, 1.54) is 24.8 Å².